The Morgan fingerprint density at radius 1 is 0.971 bits per heavy atom. The van der Waals surface area contributed by atoms with Gasteiger partial charge in [0, 0.05) is 22.4 Å². The highest BCUT2D eigenvalue weighted by Crippen LogP contribution is 2.34. The van der Waals surface area contributed by atoms with Crippen LogP contribution in [0.1, 0.15) is 35.3 Å². The fraction of sp³-hybridized carbons (Fsp3) is 0.185. The number of aromatic nitrogens is 3. The normalized spacial score (nSPS) is 12.1. The van der Waals surface area contributed by atoms with Gasteiger partial charge in [-0.1, -0.05) is 41.5 Å². The first-order valence-corrected chi connectivity index (χ1v) is 11.3. The van der Waals surface area contributed by atoms with Crippen LogP contribution in [0.2, 0.25) is 0 Å². The van der Waals surface area contributed by atoms with Crippen molar-refractivity contribution in [1.82, 2.24) is 15.2 Å². The van der Waals surface area contributed by atoms with E-state index in [1.807, 2.05) is 75.4 Å². The summed E-state index contributed by atoms with van der Waals surface area (Å²) in [7, 11) is 0. The molecule has 0 amide bonds. The van der Waals surface area contributed by atoms with Gasteiger partial charge >= 0.3 is 6.01 Å². The number of fused-ring (bicyclic) bond motifs is 1. The van der Waals surface area contributed by atoms with Gasteiger partial charge in [-0.05, 0) is 51.5 Å². The molecule has 0 unspecified atom stereocenters. The molecule has 35 heavy (non-hydrogen) atoms. The number of nitrogen functional groups attached to an aromatic ring is 1. The van der Waals surface area contributed by atoms with Gasteiger partial charge in [-0.3, -0.25) is 4.79 Å². The van der Waals surface area contributed by atoms with Crippen LogP contribution in [-0.4, -0.2) is 15.2 Å². The van der Waals surface area contributed by atoms with Crippen LogP contribution in [0.5, 0.6) is 0 Å². The molecule has 5 aromatic rings. The number of nitrogens with two attached hydrogens (primary N) is 1. The minimum atomic E-state index is -0.240. The lowest BCUT2D eigenvalue weighted by Gasteiger charge is -2.20. The molecule has 176 valence electrons. The summed E-state index contributed by atoms with van der Waals surface area (Å²) < 4.78 is 11.9. The fourth-order valence-corrected chi connectivity index (χ4v) is 4.23. The standard InChI is InChI=1S/C27H25N5O3/c1-14-12-19(17(4)30-21-11-10-15(2)29-22(21)26-31-32-27(28)35-26)25-20(13-14)23(33)16(3)24(34-25)18-8-6-5-7-9-18/h5-13,17,30H,1-4H3,(H2,28,32)/t17-/m1/s1. The molecular weight excluding hydrogens is 442 g/mol. The van der Waals surface area contributed by atoms with Crippen LogP contribution in [-0.2, 0) is 0 Å². The van der Waals surface area contributed by atoms with Gasteiger partial charge in [0.2, 0.25) is 0 Å². The maximum atomic E-state index is 13.4. The molecular formula is C27H25N5O3. The zero-order valence-electron chi connectivity index (χ0n) is 19.9. The number of aryl methyl sites for hydroxylation is 2. The first-order valence-electron chi connectivity index (χ1n) is 11.3. The predicted molar refractivity (Wildman–Crippen MR) is 136 cm³/mol. The number of benzene rings is 2. The minimum absolute atomic E-state index is 0.0300. The molecule has 5 rings (SSSR count). The van der Waals surface area contributed by atoms with E-state index in [9.17, 15) is 4.79 Å². The van der Waals surface area contributed by atoms with Gasteiger partial charge in [0.1, 0.15) is 11.3 Å². The lowest BCUT2D eigenvalue weighted by atomic mass is 9.98. The SMILES string of the molecule is Cc1cc([C@@H](C)Nc2ccc(C)nc2-c2nnc(N)o2)c2oc(-c3ccccc3)c(C)c(=O)c2c1. The number of hydrogen-bond donors (Lipinski definition) is 2. The first kappa shape index (κ1) is 22.3. The van der Waals surface area contributed by atoms with Crippen LogP contribution in [0, 0.1) is 20.8 Å². The van der Waals surface area contributed by atoms with Crippen molar-refractivity contribution in [2.24, 2.45) is 0 Å². The Balaban J connectivity index is 1.64. The molecule has 8 nitrogen and oxygen atoms in total. The molecule has 0 radical (unpaired) electrons. The van der Waals surface area contributed by atoms with Crippen LogP contribution < -0.4 is 16.5 Å². The second kappa shape index (κ2) is 8.72. The monoisotopic (exact) mass is 467 g/mol. The molecule has 0 saturated heterocycles. The lowest BCUT2D eigenvalue weighted by molar-refractivity contribution is 0.587. The minimum Gasteiger partial charge on any atom is -0.455 e. The second-order valence-corrected chi connectivity index (χ2v) is 8.64. The van der Waals surface area contributed by atoms with Crippen molar-refractivity contribution in [1.29, 1.82) is 0 Å². The van der Waals surface area contributed by atoms with E-state index in [4.69, 9.17) is 14.6 Å². The van der Waals surface area contributed by atoms with Gasteiger partial charge in [0.15, 0.2) is 11.1 Å². The number of rotatable bonds is 5. The number of nitrogens with zero attached hydrogens (tertiary/aromatic N) is 3. The van der Waals surface area contributed by atoms with Crippen molar-refractivity contribution in [2.75, 3.05) is 11.1 Å². The lowest BCUT2D eigenvalue weighted by Crippen LogP contribution is -2.13. The van der Waals surface area contributed by atoms with Crippen LogP contribution in [0.25, 0.3) is 33.9 Å². The molecule has 8 heteroatoms. The summed E-state index contributed by atoms with van der Waals surface area (Å²) in [5.74, 6) is 0.794. The summed E-state index contributed by atoms with van der Waals surface area (Å²) in [6, 6.07) is 17.1. The smallest absolute Gasteiger partial charge is 0.313 e. The van der Waals surface area contributed by atoms with Crippen LogP contribution >= 0.6 is 0 Å². The molecule has 3 aromatic heterocycles. The van der Waals surface area contributed by atoms with Gasteiger partial charge in [0.05, 0.1) is 17.1 Å². The maximum Gasteiger partial charge on any atom is 0.313 e. The molecule has 0 fully saturated rings. The van der Waals surface area contributed by atoms with Crippen LogP contribution in [0.4, 0.5) is 11.7 Å². The summed E-state index contributed by atoms with van der Waals surface area (Å²) >= 11 is 0. The molecule has 0 aliphatic carbocycles. The highest BCUT2D eigenvalue weighted by molar-refractivity contribution is 5.85. The topological polar surface area (TPSA) is 120 Å². The van der Waals surface area contributed by atoms with Crippen LogP contribution in [0.3, 0.4) is 0 Å². The van der Waals surface area contributed by atoms with Crippen molar-refractivity contribution in [2.45, 2.75) is 33.7 Å². The van der Waals surface area contributed by atoms with Crippen molar-refractivity contribution in [3.05, 3.63) is 87.2 Å². The number of pyridine rings is 1. The van der Waals surface area contributed by atoms with Crippen molar-refractivity contribution < 1.29 is 8.83 Å². The second-order valence-electron chi connectivity index (χ2n) is 8.64. The molecule has 0 spiro atoms. The fourth-order valence-electron chi connectivity index (χ4n) is 4.23. The summed E-state index contributed by atoms with van der Waals surface area (Å²) in [5.41, 5.74) is 11.4. The third kappa shape index (κ3) is 4.14. The molecule has 0 aliphatic heterocycles. The average Bonchev–Trinajstić information content (AvgIpc) is 3.29. The largest absolute Gasteiger partial charge is 0.455 e. The highest BCUT2D eigenvalue weighted by atomic mass is 16.4. The Morgan fingerprint density at radius 3 is 2.46 bits per heavy atom. The Labute approximate surface area is 201 Å². The predicted octanol–water partition coefficient (Wildman–Crippen LogP) is 5.59. The Morgan fingerprint density at radius 2 is 1.74 bits per heavy atom. The van der Waals surface area contributed by atoms with E-state index >= 15 is 0 Å². The molecule has 0 saturated carbocycles. The zero-order valence-corrected chi connectivity index (χ0v) is 19.9. The van der Waals surface area contributed by atoms with E-state index in [2.05, 4.69) is 20.5 Å². The Bertz CT molecular complexity index is 1610. The summed E-state index contributed by atoms with van der Waals surface area (Å²) in [4.78, 5) is 17.9. The summed E-state index contributed by atoms with van der Waals surface area (Å²) in [5, 5.41) is 11.8. The third-order valence-electron chi connectivity index (χ3n) is 5.94. The molecule has 0 bridgehead atoms. The summed E-state index contributed by atoms with van der Waals surface area (Å²) in [6.45, 7) is 7.65. The number of anilines is 2. The van der Waals surface area contributed by atoms with Gasteiger partial charge in [-0.25, -0.2) is 4.98 Å². The van der Waals surface area contributed by atoms with Crippen molar-refractivity contribution in [3.8, 4) is 22.9 Å². The molecule has 3 N–H and O–H groups in total. The van der Waals surface area contributed by atoms with E-state index in [1.54, 1.807) is 6.92 Å². The Hall–Kier alpha value is -4.46. The first-order chi connectivity index (χ1) is 16.8. The molecule has 2 aromatic carbocycles. The van der Waals surface area contributed by atoms with Crippen molar-refractivity contribution >= 4 is 22.7 Å². The van der Waals surface area contributed by atoms with Gasteiger partial charge in [-0.15, -0.1) is 5.10 Å². The van der Waals surface area contributed by atoms with Gasteiger partial charge in [-0.2, -0.15) is 0 Å². The van der Waals surface area contributed by atoms with E-state index in [0.717, 1.165) is 22.4 Å². The van der Waals surface area contributed by atoms with E-state index in [-0.39, 0.29) is 23.4 Å². The summed E-state index contributed by atoms with van der Waals surface area (Å²) in [6.07, 6.45) is 0. The van der Waals surface area contributed by atoms with Gasteiger partial charge in [0.25, 0.3) is 5.89 Å². The van der Waals surface area contributed by atoms with Crippen molar-refractivity contribution in [3.63, 3.8) is 0 Å². The highest BCUT2D eigenvalue weighted by Gasteiger charge is 2.21. The van der Waals surface area contributed by atoms with Crippen LogP contribution in [0.15, 0.2) is 68.2 Å². The molecule has 0 aliphatic rings. The van der Waals surface area contributed by atoms with E-state index in [0.29, 0.717) is 33.7 Å². The average molecular weight is 468 g/mol. The quantitative estimate of drug-likeness (QED) is 0.343. The Kier molecular flexibility index (Phi) is 5.56. The third-order valence-corrected chi connectivity index (χ3v) is 5.94. The van der Waals surface area contributed by atoms with E-state index < -0.39 is 0 Å². The molecule has 3 heterocycles. The van der Waals surface area contributed by atoms with E-state index in [1.165, 1.54) is 0 Å². The number of nitrogens with one attached hydrogen (secondary N) is 1. The molecule has 1 atom stereocenters. The zero-order chi connectivity index (χ0) is 24.7. The maximum absolute atomic E-state index is 13.4. The number of hydrogen-bond acceptors (Lipinski definition) is 8. The van der Waals surface area contributed by atoms with Gasteiger partial charge < -0.3 is 19.9 Å².